The number of aromatic nitrogens is 8. The summed E-state index contributed by atoms with van der Waals surface area (Å²) in [6.07, 6.45) is 12.7. The molecule has 0 bridgehead atoms. The Morgan fingerprint density at radius 3 is 0.847 bits per heavy atom. The van der Waals surface area contributed by atoms with E-state index in [1.165, 1.54) is 16.7 Å². The molecule has 2 aromatic carbocycles. The molecule has 0 radical (unpaired) electrons. The van der Waals surface area contributed by atoms with E-state index in [9.17, 15) is 0 Å². The Hall–Kier alpha value is -6.26. The number of pyridine rings is 8. The summed E-state index contributed by atoms with van der Waals surface area (Å²) in [7, 11) is 0. The summed E-state index contributed by atoms with van der Waals surface area (Å²) in [6.45, 7) is 0. The van der Waals surface area contributed by atoms with Gasteiger partial charge in [-0.3, -0.25) is 9.97 Å². The lowest BCUT2D eigenvalue weighted by atomic mass is 10.2. The molecule has 0 fully saturated rings. The van der Waals surface area contributed by atoms with Crippen molar-refractivity contribution in [3.05, 3.63) is 277 Å². The first kappa shape index (κ1) is 53.5. The highest BCUT2D eigenvalue weighted by Crippen LogP contribution is 2.26. The SMILES string of the molecule is c1ccc(CSc2ccccn2)cc1.c1ccc(CSc2ccccn2)nc1.c1ccc(SCc2cccc(CSc3ccccn3)c2)nc1.c1ccc(SCc2cccc(CSc3ccccn3)n2)nc1. The van der Waals surface area contributed by atoms with Crippen molar-refractivity contribution in [2.24, 2.45) is 0 Å². The predicted octanol–water partition coefficient (Wildman–Crippen LogP) is 15.7. The second kappa shape index (κ2) is 32.7. The van der Waals surface area contributed by atoms with Crippen LogP contribution in [-0.2, 0) is 34.5 Å². The molecule has 0 saturated heterocycles. The zero-order valence-corrected chi connectivity index (χ0v) is 44.3. The van der Waals surface area contributed by atoms with Crippen LogP contribution in [0.2, 0.25) is 0 Å². The average Bonchev–Trinajstić information content (AvgIpc) is 3.47. The van der Waals surface area contributed by atoms with Crippen LogP contribution in [0.5, 0.6) is 0 Å². The third-order valence-corrected chi connectivity index (χ3v) is 15.5. The molecule has 0 aliphatic carbocycles. The molecule has 0 N–H and O–H groups in total. The quantitative estimate of drug-likeness (QED) is 0.0762. The first-order chi connectivity index (χ1) is 35.7. The van der Waals surface area contributed by atoms with Gasteiger partial charge in [0.15, 0.2) is 0 Å². The molecule has 360 valence electrons. The second-order valence-electron chi connectivity index (χ2n) is 15.0. The van der Waals surface area contributed by atoms with Crippen LogP contribution < -0.4 is 0 Å². The minimum absolute atomic E-state index is 0.832. The van der Waals surface area contributed by atoms with E-state index in [4.69, 9.17) is 4.98 Å². The lowest BCUT2D eigenvalue weighted by Crippen LogP contribution is -1.93. The number of nitrogens with zero attached hydrogens (tertiary/aromatic N) is 8. The van der Waals surface area contributed by atoms with Crippen molar-refractivity contribution in [3.63, 3.8) is 0 Å². The van der Waals surface area contributed by atoms with Crippen molar-refractivity contribution in [1.29, 1.82) is 0 Å². The van der Waals surface area contributed by atoms with E-state index >= 15 is 0 Å². The van der Waals surface area contributed by atoms with Crippen LogP contribution in [0.15, 0.2) is 274 Å². The Kier molecular flexibility index (Phi) is 24.3. The number of hydrogen-bond donors (Lipinski definition) is 0. The number of thioether (sulfide) groups is 6. The molecule has 10 rings (SSSR count). The monoisotopic (exact) mass is 1050 g/mol. The summed E-state index contributed by atoms with van der Waals surface area (Å²) in [5.41, 5.74) is 7.24. The molecule has 72 heavy (non-hydrogen) atoms. The third-order valence-electron chi connectivity index (χ3n) is 9.52. The van der Waals surface area contributed by atoms with E-state index in [2.05, 4.69) is 102 Å². The summed E-state index contributed by atoms with van der Waals surface area (Å²) in [5.74, 6) is 5.41. The predicted molar refractivity (Wildman–Crippen MR) is 304 cm³/mol. The highest BCUT2D eigenvalue weighted by Gasteiger charge is 2.04. The molecular formula is C58H52N8S6. The van der Waals surface area contributed by atoms with Crippen LogP contribution in [0.3, 0.4) is 0 Å². The van der Waals surface area contributed by atoms with Crippen molar-refractivity contribution >= 4 is 70.6 Å². The van der Waals surface area contributed by atoms with Gasteiger partial charge in [-0.25, -0.2) is 29.9 Å². The molecule has 14 heteroatoms. The standard InChI is InChI=1S/C18H16N2S2.C17H15N3S2.C12H11NS.C11H10N2S/c1-3-10-19-17(8-1)21-13-15-6-5-7-16(12-15)14-22-18-9-2-4-11-20-18;1-3-10-18-16(8-1)21-12-14-6-5-7-15(20-14)13-22-17-9-2-4-11-19-17;1-2-6-11(7-3-1)10-14-12-8-4-5-9-13-12;1-3-7-12-10(5-1)9-14-11-6-2-4-8-13-11/h1-12H,13-14H2;1-11H,12-13H2;1-9H,10H2;1-8H,9H2. The van der Waals surface area contributed by atoms with Gasteiger partial charge in [0.05, 0.1) is 47.2 Å². The second-order valence-corrected chi connectivity index (χ2v) is 21.0. The minimum Gasteiger partial charge on any atom is -0.260 e. The maximum Gasteiger partial charge on any atom is 0.0963 e. The molecular weight excluding hydrogens is 1000 g/mol. The molecule has 0 aliphatic heterocycles. The molecule has 8 nitrogen and oxygen atoms in total. The fourth-order valence-corrected chi connectivity index (χ4v) is 10.8. The van der Waals surface area contributed by atoms with E-state index in [0.717, 1.165) is 81.8 Å². The highest BCUT2D eigenvalue weighted by atomic mass is 32.2. The van der Waals surface area contributed by atoms with Gasteiger partial charge in [0.2, 0.25) is 0 Å². The molecule has 0 saturated carbocycles. The minimum atomic E-state index is 0.832. The van der Waals surface area contributed by atoms with Crippen LogP contribution in [0.1, 0.15) is 33.8 Å². The average molecular weight is 1050 g/mol. The fourth-order valence-electron chi connectivity index (χ4n) is 6.07. The van der Waals surface area contributed by atoms with Gasteiger partial charge in [0, 0.05) is 77.9 Å². The van der Waals surface area contributed by atoms with Crippen LogP contribution >= 0.6 is 70.6 Å². The van der Waals surface area contributed by atoms with Crippen LogP contribution in [0, 0.1) is 0 Å². The molecule has 0 spiro atoms. The summed E-state index contributed by atoms with van der Waals surface area (Å²) in [6, 6.07) is 67.1. The third kappa shape index (κ3) is 21.6. The summed E-state index contributed by atoms with van der Waals surface area (Å²) in [5, 5.41) is 6.30. The van der Waals surface area contributed by atoms with Crippen molar-refractivity contribution in [2.75, 3.05) is 0 Å². The van der Waals surface area contributed by atoms with Crippen LogP contribution in [0.25, 0.3) is 0 Å². The fraction of sp³-hybridized carbons (Fsp3) is 0.103. The van der Waals surface area contributed by atoms with E-state index in [1.807, 2.05) is 171 Å². The van der Waals surface area contributed by atoms with Crippen LogP contribution in [-0.4, -0.2) is 39.9 Å². The molecule has 10 aromatic rings. The summed E-state index contributed by atoms with van der Waals surface area (Å²) < 4.78 is 0. The first-order valence-electron chi connectivity index (χ1n) is 22.9. The van der Waals surface area contributed by atoms with Crippen molar-refractivity contribution in [2.45, 2.75) is 64.7 Å². The van der Waals surface area contributed by atoms with E-state index in [-0.39, 0.29) is 0 Å². The first-order valence-corrected chi connectivity index (χ1v) is 28.8. The molecule has 0 unspecified atom stereocenters. The van der Waals surface area contributed by atoms with E-state index < -0.39 is 0 Å². The largest absolute Gasteiger partial charge is 0.260 e. The molecule has 0 amide bonds. The van der Waals surface area contributed by atoms with Gasteiger partial charge < -0.3 is 0 Å². The summed E-state index contributed by atoms with van der Waals surface area (Å²) >= 11 is 10.4. The van der Waals surface area contributed by atoms with Crippen LogP contribution in [0.4, 0.5) is 0 Å². The number of rotatable bonds is 18. The normalized spacial score (nSPS) is 10.3. The highest BCUT2D eigenvalue weighted by molar-refractivity contribution is 7.99. The van der Waals surface area contributed by atoms with E-state index in [0.29, 0.717) is 0 Å². The molecule has 0 aliphatic rings. The Morgan fingerprint density at radius 1 is 0.222 bits per heavy atom. The Morgan fingerprint density at radius 2 is 0.500 bits per heavy atom. The topological polar surface area (TPSA) is 103 Å². The molecule has 0 atom stereocenters. The van der Waals surface area contributed by atoms with Gasteiger partial charge >= 0.3 is 0 Å². The zero-order valence-electron chi connectivity index (χ0n) is 39.4. The van der Waals surface area contributed by atoms with Gasteiger partial charge in [-0.1, -0.05) is 103 Å². The van der Waals surface area contributed by atoms with Crippen molar-refractivity contribution in [1.82, 2.24) is 39.9 Å². The maximum atomic E-state index is 4.71. The molecule has 8 aromatic heterocycles. The lowest BCUT2D eigenvalue weighted by Gasteiger charge is -2.05. The maximum absolute atomic E-state index is 4.71. The van der Waals surface area contributed by atoms with Gasteiger partial charge in [-0.15, -0.1) is 70.6 Å². The Bertz CT molecular complexity index is 2560. The van der Waals surface area contributed by atoms with Gasteiger partial charge in [0.1, 0.15) is 0 Å². The Balaban J connectivity index is 0.000000144. The van der Waals surface area contributed by atoms with Gasteiger partial charge in [0.25, 0.3) is 0 Å². The van der Waals surface area contributed by atoms with E-state index in [1.54, 1.807) is 76.8 Å². The summed E-state index contributed by atoms with van der Waals surface area (Å²) in [4.78, 5) is 34.8. The Labute approximate surface area is 449 Å². The smallest absolute Gasteiger partial charge is 0.0963 e. The molecule has 8 heterocycles. The van der Waals surface area contributed by atoms with Gasteiger partial charge in [-0.05, 0) is 114 Å². The van der Waals surface area contributed by atoms with Gasteiger partial charge in [-0.2, -0.15) is 0 Å². The zero-order chi connectivity index (χ0) is 49.4. The van der Waals surface area contributed by atoms with Crippen molar-refractivity contribution in [3.8, 4) is 0 Å². The number of benzene rings is 2. The lowest BCUT2D eigenvalue weighted by molar-refractivity contribution is 1.07. The number of hydrogen-bond acceptors (Lipinski definition) is 14. The van der Waals surface area contributed by atoms with Crippen molar-refractivity contribution < 1.29 is 0 Å².